The van der Waals surface area contributed by atoms with Gasteiger partial charge in [-0.15, -0.1) is 0 Å². The van der Waals surface area contributed by atoms with Crippen molar-refractivity contribution in [3.05, 3.63) is 12.7 Å². The van der Waals surface area contributed by atoms with Gasteiger partial charge in [-0.3, -0.25) is 4.79 Å². The lowest BCUT2D eigenvalue weighted by molar-refractivity contribution is -0.119. The number of rotatable bonds is 2. The average molecular weight is 153 g/mol. The van der Waals surface area contributed by atoms with Crippen LogP contribution in [0, 0.1) is 5.92 Å². The Balaban J connectivity index is 2.45. The molecular weight excluding hydrogens is 138 g/mol. The summed E-state index contributed by atoms with van der Waals surface area (Å²) in [5.41, 5.74) is 5.73. The predicted octanol–water partition coefficient (Wildman–Crippen LogP) is 1.26. The minimum atomic E-state index is 0.163. The van der Waals surface area contributed by atoms with Gasteiger partial charge >= 0.3 is 0 Å². The number of nitrogens with two attached hydrogens (primary N) is 1. The third-order valence-corrected chi connectivity index (χ3v) is 2.32. The Labute approximate surface area is 67.5 Å². The molecule has 0 bridgehead atoms. The quantitative estimate of drug-likeness (QED) is 0.607. The summed E-state index contributed by atoms with van der Waals surface area (Å²) in [6.07, 6.45) is 5.43. The fourth-order valence-corrected chi connectivity index (χ4v) is 1.65. The number of hydrogen-bond donors (Lipinski definition) is 1. The molecule has 2 N–H and O–H groups in total. The number of ketones is 1. The minimum absolute atomic E-state index is 0.163. The van der Waals surface area contributed by atoms with Crippen LogP contribution in [0.2, 0.25) is 0 Å². The molecule has 1 aliphatic carbocycles. The van der Waals surface area contributed by atoms with E-state index >= 15 is 0 Å². The van der Waals surface area contributed by atoms with E-state index in [9.17, 15) is 4.79 Å². The zero-order valence-corrected chi connectivity index (χ0v) is 6.75. The molecule has 2 heteroatoms. The molecule has 0 heterocycles. The van der Waals surface area contributed by atoms with E-state index in [2.05, 4.69) is 6.58 Å². The molecule has 0 radical (unpaired) electrons. The van der Waals surface area contributed by atoms with Gasteiger partial charge in [0.15, 0.2) is 5.78 Å². The van der Waals surface area contributed by atoms with Gasteiger partial charge in [0, 0.05) is 12.0 Å². The molecule has 0 unspecified atom stereocenters. The van der Waals surface area contributed by atoms with Gasteiger partial charge in [-0.25, -0.2) is 0 Å². The van der Waals surface area contributed by atoms with Crippen LogP contribution in [0.25, 0.3) is 0 Å². The van der Waals surface area contributed by atoms with Crippen molar-refractivity contribution in [1.29, 1.82) is 0 Å². The standard InChI is InChI=1S/C9H15NO/c1-2-9(11)7-4-3-5-8(10)6-7/h2,7-8H,1,3-6,10H2/t7-,8-/m0/s1. The van der Waals surface area contributed by atoms with Crippen LogP contribution < -0.4 is 5.73 Å². The van der Waals surface area contributed by atoms with E-state index in [1.165, 1.54) is 6.08 Å². The zero-order valence-electron chi connectivity index (χ0n) is 6.75. The van der Waals surface area contributed by atoms with Crippen LogP contribution in [0.4, 0.5) is 0 Å². The molecule has 0 spiro atoms. The van der Waals surface area contributed by atoms with Crippen LogP contribution >= 0.6 is 0 Å². The SMILES string of the molecule is C=CC(=O)[C@H]1CCC[C@H](N)C1. The molecule has 0 aromatic rings. The first-order valence-corrected chi connectivity index (χ1v) is 4.16. The van der Waals surface area contributed by atoms with Crippen molar-refractivity contribution < 1.29 is 4.79 Å². The average Bonchev–Trinajstić information content (AvgIpc) is 2.03. The monoisotopic (exact) mass is 153 g/mol. The minimum Gasteiger partial charge on any atom is -0.328 e. The number of carbonyl (C=O) groups excluding carboxylic acids is 1. The summed E-state index contributed by atoms with van der Waals surface area (Å²) >= 11 is 0. The maximum atomic E-state index is 11.1. The molecule has 2 atom stereocenters. The van der Waals surface area contributed by atoms with Crippen molar-refractivity contribution in [3.8, 4) is 0 Å². The highest BCUT2D eigenvalue weighted by atomic mass is 16.1. The van der Waals surface area contributed by atoms with Gasteiger partial charge in [-0.05, 0) is 25.3 Å². The Morgan fingerprint density at radius 1 is 1.55 bits per heavy atom. The van der Waals surface area contributed by atoms with E-state index in [-0.39, 0.29) is 17.7 Å². The first kappa shape index (κ1) is 8.47. The third kappa shape index (κ3) is 2.15. The van der Waals surface area contributed by atoms with Crippen molar-refractivity contribution in [2.75, 3.05) is 0 Å². The summed E-state index contributed by atoms with van der Waals surface area (Å²) in [7, 11) is 0. The van der Waals surface area contributed by atoms with Gasteiger partial charge in [0.25, 0.3) is 0 Å². The van der Waals surface area contributed by atoms with Crippen LogP contribution in [-0.2, 0) is 4.79 Å². The van der Waals surface area contributed by atoms with Gasteiger partial charge < -0.3 is 5.73 Å². The topological polar surface area (TPSA) is 43.1 Å². The number of carbonyl (C=O) groups is 1. The van der Waals surface area contributed by atoms with Gasteiger partial charge in [-0.1, -0.05) is 13.0 Å². The summed E-state index contributed by atoms with van der Waals surface area (Å²) in [6, 6.07) is 0.234. The number of hydrogen-bond acceptors (Lipinski definition) is 2. The smallest absolute Gasteiger partial charge is 0.158 e. The van der Waals surface area contributed by atoms with E-state index in [0.29, 0.717) is 0 Å². The lowest BCUT2D eigenvalue weighted by atomic mass is 9.83. The van der Waals surface area contributed by atoms with Crippen molar-refractivity contribution in [2.24, 2.45) is 11.7 Å². The fourth-order valence-electron chi connectivity index (χ4n) is 1.65. The van der Waals surface area contributed by atoms with Crippen LogP contribution in [-0.4, -0.2) is 11.8 Å². The molecule has 0 aromatic heterocycles. The van der Waals surface area contributed by atoms with Crippen LogP contribution in [0.3, 0.4) is 0 Å². The van der Waals surface area contributed by atoms with Gasteiger partial charge in [0.1, 0.15) is 0 Å². The summed E-state index contributed by atoms with van der Waals surface area (Å²) in [5.74, 6) is 0.330. The molecule has 0 aromatic carbocycles. The van der Waals surface area contributed by atoms with Crippen molar-refractivity contribution in [3.63, 3.8) is 0 Å². The molecule has 1 aliphatic rings. The van der Waals surface area contributed by atoms with Gasteiger partial charge in [0.05, 0.1) is 0 Å². The molecule has 2 nitrogen and oxygen atoms in total. The van der Waals surface area contributed by atoms with Gasteiger partial charge in [0.2, 0.25) is 0 Å². The van der Waals surface area contributed by atoms with Crippen molar-refractivity contribution in [1.82, 2.24) is 0 Å². The van der Waals surface area contributed by atoms with Crippen LogP contribution in [0.1, 0.15) is 25.7 Å². The summed E-state index contributed by atoms with van der Waals surface area (Å²) < 4.78 is 0. The van der Waals surface area contributed by atoms with E-state index < -0.39 is 0 Å². The molecule has 0 aliphatic heterocycles. The van der Waals surface area contributed by atoms with Crippen molar-refractivity contribution >= 4 is 5.78 Å². The lowest BCUT2D eigenvalue weighted by Gasteiger charge is -2.24. The Kier molecular flexibility index (Phi) is 2.83. The Morgan fingerprint density at radius 3 is 2.82 bits per heavy atom. The Bertz CT molecular complexity index is 165. The molecular formula is C9H15NO. The largest absolute Gasteiger partial charge is 0.328 e. The fraction of sp³-hybridized carbons (Fsp3) is 0.667. The predicted molar refractivity (Wildman–Crippen MR) is 45.1 cm³/mol. The number of allylic oxidation sites excluding steroid dienone is 1. The molecule has 1 fully saturated rings. The maximum absolute atomic E-state index is 11.1. The van der Waals surface area contributed by atoms with Crippen molar-refractivity contribution in [2.45, 2.75) is 31.7 Å². The third-order valence-electron chi connectivity index (χ3n) is 2.32. The van der Waals surface area contributed by atoms with Gasteiger partial charge in [-0.2, -0.15) is 0 Å². The van der Waals surface area contributed by atoms with E-state index in [1.807, 2.05) is 0 Å². The first-order valence-electron chi connectivity index (χ1n) is 4.16. The Hall–Kier alpha value is -0.630. The molecule has 62 valence electrons. The van der Waals surface area contributed by atoms with Crippen LogP contribution in [0.5, 0.6) is 0 Å². The second kappa shape index (κ2) is 3.67. The zero-order chi connectivity index (χ0) is 8.27. The molecule has 1 rings (SSSR count). The lowest BCUT2D eigenvalue weighted by Crippen LogP contribution is -2.30. The maximum Gasteiger partial charge on any atom is 0.158 e. The summed E-state index contributed by atoms with van der Waals surface area (Å²) in [5, 5.41) is 0. The van der Waals surface area contributed by atoms with E-state index in [1.54, 1.807) is 0 Å². The summed E-state index contributed by atoms with van der Waals surface area (Å²) in [6.45, 7) is 3.47. The summed E-state index contributed by atoms with van der Waals surface area (Å²) in [4.78, 5) is 11.1. The highest BCUT2D eigenvalue weighted by Gasteiger charge is 2.22. The molecule has 0 amide bonds. The van der Waals surface area contributed by atoms with E-state index in [4.69, 9.17) is 5.73 Å². The highest BCUT2D eigenvalue weighted by Crippen LogP contribution is 2.23. The Morgan fingerprint density at radius 2 is 2.27 bits per heavy atom. The van der Waals surface area contributed by atoms with Crippen LogP contribution in [0.15, 0.2) is 12.7 Å². The highest BCUT2D eigenvalue weighted by molar-refractivity contribution is 5.91. The second-order valence-electron chi connectivity index (χ2n) is 3.23. The normalized spacial score (nSPS) is 31.4. The first-order chi connectivity index (χ1) is 5.24. The van der Waals surface area contributed by atoms with E-state index in [0.717, 1.165) is 25.7 Å². The molecule has 11 heavy (non-hydrogen) atoms. The second-order valence-corrected chi connectivity index (χ2v) is 3.23. The molecule has 1 saturated carbocycles. The molecule has 0 saturated heterocycles.